The van der Waals surface area contributed by atoms with Gasteiger partial charge in [-0.05, 0) is 12.8 Å². The van der Waals surface area contributed by atoms with Gasteiger partial charge in [-0.3, -0.25) is 9.59 Å². The van der Waals surface area contributed by atoms with E-state index in [4.69, 9.17) is 0 Å². The third kappa shape index (κ3) is 27.6. The molecule has 8 nitrogen and oxygen atoms in total. The molecule has 0 aliphatic carbocycles. The van der Waals surface area contributed by atoms with Gasteiger partial charge in [-0.2, -0.15) is 0 Å². The molecule has 4 N–H and O–H groups in total. The molecule has 2 atom stereocenters. The van der Waals surface area contributed by atoms with Gasteiger partial charge in [-0.1, -0.05) is 129 Å². The summed E-state index contributed by atoms with van der Waals surface area (Å²) < 4.78 is 0.953. The average Bonchev–Trinajstić information content (AvgIpc) is 2.98. The number of unbranched alkanes of at least 4 members (excludes halogenated alkanes) is 18. The molecule has 0 aromatic carbocycles. The monoisotopic (exact) mass is 643 g/mol. The number of quaternary nitrogens is 2. The van der Waals surface area contributed by atoms with Crippen molar-refractivity contribution in [2.45, 2.75) is 149 Å². The van der Waals surface area contributed by atoms with E-state index in [1.807, 2.05) is 14.1 Å². The van der Waals surface area contributed by atoms with Crippen molar-refractivity contribution in [1.29, 1.82) is 0 Å². The lowest BCUT2D eigenvalue weighted by molar-refractivity contribution is -0.921. The summed E-state index contributed by atoms with van der Waals surface area (Å²) in [5.41, 5.74) is 0. The van der Waals surface area contributed by atoms with Crippen molar-refractivity contribution >= 4 is 11.8 Å². The third-order valence-corrected chi connectivity index (χ3v) is 9.43. The van der Waals surface area contributed by atoms with Gasteiger partial charge in [-0.15, -0.1) is 0 Å². The van der Waals surface area contributed by atoms with Crippen LogP contribution in [0, 0.1) is 0 Å². The number of carbonyl (C=O) groups is 2. The zero-order chi connectivity index (χ0) is 33.5. The largest absolute Gasteiger partial charge is 0.391 e. The third-order valence-electron chi connectivity index (χ3n) is 9.43. The minimum atomic E-state index is 0.0341. The second kappa shape index (κ2) is 30.1. The average molecular weight is 643 g/mol. The topological polar surface area (TPSA) is 98.7 Å². The molecule has 2 amide bonds. The Morgan fingerprint density at radius 2 is 0.733 bits per heavy atom. The highest BCUT2D eigenvalue weighted by atomic mass is 16.3. The van der Waals surface area contributed by atoms with Crippen molar-refractivity contribution < 1.29 is 28.8 Å². The molecule has 2 unspecified atom stereocenters. The van der Waals surface area contributed by atoms with Crippen LogP contribution in [0.25, 0.3) is 0 Å². The predicted molar refractivity (Wildman–Crippen MR) is 190 cm³/mol. The Bertz CT molecular complexity index is 639. The van der Waals surface area contributed by atoms with Crippen LogP contribution in [-0.4, -0.2) is 111 Å². The van der Waals surface area contributed by atoms with Gasteiger partial charge in [0.05, 0.1) is 40.4 Å². The Morgan fingerprint density at radius 1 is 0.444 bits per heavy atom. The second-order valence-electron chi connectivity index (χ2n) is 14.3. The van der Waals surface area contributed by atoms with E-state index in [1.54, 1.807) is 0 Å². The molecule has 0 bridgehead atoms. The molecule has 0 saturated heterocycles. The smallest absolute Gasteiger partial charge is 0.275 e. The Hall–Kier alpha value is -1.22. The van der Waals surface area contributed by atoms with Gasteiger partial charge in [0.2, 0.25) is 0 Å². The first-order chi connectivity index (χ1) is 21.7. The molecule has 0 aromatic rings. The number of hydrogen-bond donors (Lipinski definition) is 4. The molecule has 45 heavy (non-hydrogen) atoms. The van der Waals surface area contributed by atoms with Crippen LogP contribution < -0.4 is 10.6 Å². The van der Waals surface area contributed by atoms with E-state index in [0.717, 1.165) is 45.2 Å². The summed E-state index contributed by atoms with van der Waals surface area (Å²) in [6.07, 6.45) is 26.4. The molecule has 0 rings (SSSR count). The Kier molecular flexibility index (Phi) is 29.3. The van der Waals surface area contributed by atoms with Crippen LogP contribution in [-0.2, 0) is 9.59 Å². The van der Waals surface area contributed by atoms with Gasteiger partial charge in [-0.25, -0.2) is 0 Å². The van der Waals surface area contributed by atoms with E-state index in [1.165, 1.54) is 103 Å². The molecule has 268 valence electrons. The quantitative estimate of drug-likeness (QED) is 0.0487. The van der Waals surface area contributed by atoms with Crippen molar-refractivity contribution in [3.63, 3.8) is 0 Å². The standard InChI is InChI=1S/C37H76N4O4/c1-5-7-9-11-13-15-17-19-21-23-26-38-36(44)34-40(3,30-32-42)28-25-29-41(4,31-33-43)35-37(45)39-27-24-22-20-18-16-14-12-10-8-6-2/h42-43H,5-35H2,1-4H3/p+2. The van der Waals surface area contributed by atoms with Crippen LogP contribution in [0.5, 0.6) is 0 Å². The fourth-order valence-electron chi connectivity index (χ4n) is 6.34. The molecule has 0 spiro atoms. The number of likely N-dealkylation sites (N-methyl/N-ethyl adjacent to an activating group) is 2. The molecular weight excluding hydrogens is 564 g/mol. The van der Waals surface area contributed by atoms with Gasteiger partial charge in [0, 0.05) is 19.5 Å². The van der Waals surface area contributed by atoms with Gasteiger partial charge in [0.25, 0.3) is 11.8 Å². The summed E-state index contributed by atoms with van der Waals surface area (Å²) in [6.45, 7) is 9.24. The number of aliphatic hydroxyl groups excluding tert-OH is 2. The predicted octanol–water partition coefficient (Wildman–Crippen LogP) is 6.33. The highest BCUT2D eigenvalue weighted by Gasteiger charge is 2.29. The summed E-state index contributed by atoms with van der Waals surface area (Å²) in [5, 5.41) is 25.6. The van der Waals surface area contributed by atoms with Crippen LogP contribution in [0.2, 0.25) is 0 Å². The van der Waals surface area contributed by atoms with Crippen molar-refractivity contribution in [2.75, 3.05) is 79.7 Å². The van der Waals surface area contributed by atoms with Crippen LogP contribution in [0.3, 0.4) is 0 Å². The van der Waals surface area contributed by atoms with Crippen molar-refractivity contribution in [2.24, 2.45) is 0 Å². The summed E-state index contributed by atoms with van der Waals surface area (Å²) in [5.74, 6) is 0.0849. The molecule has 0 aliphatic rings. The van der Waals surface area contributed by atoms with E-state index in [9.17, 15) is 19.8 Å². The number of nitrogens with one attached hydrogen (secondary N) is 2. The van der Waals surface area contributed by atoms with Crippen LogP contribution in [0.4, 0.5) is 0 Å². The molecular formula is C37H78N4O4+2. The van der Waals surface area contributed by atoms with E-state index >= 15 is 0 Å². The maximum Gasteiger partial charge on any atom is 0.275 e. The zero-order valence-electron chi connectivity index (χ0n) is 30.5. The van der Waals surface area contributed by atoms with E-state index in [-0.39, 0.29) is 25.0 Å². The lowest BCUT2D eigenvalue weighted by atomic mass is 10.1. The Morgan fingerprint density at radius 3 is 1.02 bits per heavy atom. The molecule has 0 heterocycles. The SMILES string of the molecule is CCCCCCCCCCCCNC(=O)C[N+](C)(CCO)CCC[N+](C)(CCO)CC(=O)NCCCCCCCCCCCC. The summed E-state index contributed by atoms with van der Waals surface area (Å²) >= 11 is 0. The first-order valence-corrected chi connectivity index (χ1v) is 19.2. The lowest BCUT2D eigenvalue weighted by Crippen LogP contribution is -2.56. The highest BCUT2D eigenvalue weighted by molar-refractivity contribution is 5.77. The van der Waals surface area contributed by atoms with Crippen LogP contribution >= 0.6 is 0 Å². The van der Waals surface area contributed by atoms with E-state index < -0.39 is 0 Å². The lowest BCUT2D eigenvalue weighted by Gasteiger charge is -2.37. The van der Waals surface area contributed by atoms with Crippen LogP contribution in [0.1, 0.15) is 149 Å². The highest BCUT2D eigenvalue weighted by Crippen LogP contribution is 2.12. The van der Waals surface area contributed by atoms with Gasteiger partial charge >= 0.3 is 0 Å². The Labute approximate surface area is 279 Å². The first-order valence-electron chi connectivity index (χ1n) is 19.2. The molecule has 0 aromatic heterocycles. The minimum Gasteiger partial charge on any atom is -0.391 e. The molecule has 8 heteroatoms. The fourth-order valence-corrected chi connectivity index (χ4v) is 6.34. The number of amides is 2. The minimum absolute atomic E-state index is 0.0341. The van der Waals surface area contributed by atoms with Gasteiger partial charge in [0.15, 0.2) is 13.1 Å². The molecule has 0 saturated carbocycles. The summed E-state index contributed by atoms with van der Waals surface area (Å²) in [7, 11) is 4.07. The molecule has 0 radical (unpaired) electrons. The zero-order valence-corrected chi connectivity index (χ0v) is 30.5. The van der Waals surface area contributed by atoms with E-state index in [0.29, 0.717) is 48.2 Å². The van der Waals surface area contributed by atoms with E-state index in [2.05, 4.69) is 24.5 Å². The first kappa shape index (κ1) is 43.8. The summed E-state index contributed by atoms with van der Waals surface area (Å²) in [6, 6.07) is 0. The maximum absolute atomic E-state index is 12.8. The second-order valence-corrected chi connectivity index (χ2v) is 14.3. The van der Waals surface area contributed by atoms with Crippen LogP contribution in [0.15, 0.2) is 0 Å². The van der Waals surface area contributed by atoms with Gasteiger partial charge < -0.3 is 29.8 Å². The van der Waals surface area contributed by atoms with Gasteiger partial charge in [0.1, 0.15) is 13.1 Å². The Balaban J connectivity index is 4.28. The van der Waals surface area contributed by atoms with Crippen molar-refractivity contribution in [1.82, 2.24) is 10.6 Å². The number of nitrogens with zero attached hydrogens (tertiary/aromatic N) is 2. The number of carbonyl (C=O) groups excluding carboxylic acids is 2. The van der Waals surface area contributed by atoms with Crippen molar-refractivity contribution in [3.8, 4) is 0 Å². The number of hydrogen-bond acceptors (Lipinski definition) is 4. The number of rotatable bonds is 34. The van der Waals surface area contributed by atoms with Crippen molar-refractivity contribution in [3.05, 3.63) is 0 Å². The summed E-state index contributed by atoms with van der Waals surface area (Å²) in [4.78, 5) is 25.5. The normalized spacial score (nSPS) is 14.2. The maximum atomic E-state index is 12.8. The number of aliphatic hydroxyl groups is 2. The molecule has 0 fully saturated rings. The fraction of sp³-hybridized carbons (Fsp3) is 0.946. The molecule has 0 aliphatic heterocycles.